The third kappa shape index (κ3) is 1.91. The maximum Gasteiger partial charge on any atom is 0.125 e. The molecule has 2 atom stereocenters. The number of nitrogens with zero attached hydrogens (tertiary/aromatic N) is 1. The lowest BCUT2D eigenvalue weighted by molar-refractivity contribution is -0.0645. The maximum atomic E-state index is 13.4. The highest BCUT2D eigenvalue weighted by Gasteiger charge is 2.35. The molecule has 92 valence electrons. The molecule has 0 bridgehead atoms. The van der Waals surface area contributed by atoms with Crippen molar-refractivity contribution in [2.75, 3.05) is 26.8 Å². The molecule has 1 aromatic rings. The van der Waals surface area contributed by atoms with E-state index < -0.39 is 0 Å². The Morgan fingerprint density at radius 1 is 1.35 bits per heavy atom. The maximum absolute atomic E-state index is 13.4. The van der Waals surface area contributed by atoms with Crippen LogP contribution in [0.3, 0.4) is 0 Å². The van der Waals surface area contributed by atoms with Gasteiger partial charge in [-0.05, 0) is 31.7 Å². The van der Waals surface area contributed by atoms with Crippen molar-refractivity contribution in [3.05, 3.63) is 29.6 Å². The second-order valence-electron chi connectivity index (χ2n) is 4.66. The molecule has 1 aromatic carbocycles. The summed E-state index contributed by atoms with van der Waals surface area (Å²) in [5.41, 5.74) is 0.846. The summed E-state index contributed by atoms with van der Waals surface area (Å²) in [6, 6.07) is 4.96. The Balaban J connectivity index is 2.02. The standard InChI is InChI=1S/C13H16FNO2/c1-15-5-7-17-13-10-8-9(14)2-3-12(10)16-6-4-11(13)15/h2-3,8,11,13H,4-7H2,1H3/t11-,13-/m1/s1. The largest absolute Gasteiger partial charge is 0.493 e. The summed E-state index contributed by atoms with van der Waals surface area (Å²) in [5.74, 6) is 0.527. The van der Waals surface area contributed by atoms with Crippen LogP contribution in [0.4, 0.5) is 4.39 Å². The first kappa shape index (κ1) is 11.0. The van der Waals surface area contributed by atoms with E-state index in [0.29, 0.717) is 13.2 Å². The molecule has 4 heteroatoms. The van der Waals surface area contributed by atoms with E-state index in [0.717, 1.165) is 24.3 Å². The minimum atomic E-state index is -0.232. The monoisotopic (exact) mass is 237 g/mol. The van der Waals surface area contributed by atoms with Gasteiger partial charge in [0.2, 0.25) is 0 Å². The van der Waals surface area contributed by atoms with Gasteiger partial charge in [0.05, 0.1) is 13.2 Å². The van der Waals surface area contributed by atoms with Crippen LogP contribution in [0.2, 0.25) is 0 Å². The zero-order valence-corrected chi connectivity index (χ0v) is 9.86. The van der Waals surface area contributed by atoms with Crippen LogP contribution in [0.15, 0.2) is 18.2 Å². The molecule has 0 unspecified atom stereocenters. The molecular formula is C13H16FNO2. The Labute approximate surface area is 100 Å². The Kier molecular flexibility index (Phi) is 2.76. The second kappa shape index (κ2) is 4.27. The summed E-state index contributed by atoms with van der Waals surface area (Å²) in [5, 5.41) is 0. The summed E-state index contributed by atoms with van der Waals surface area (Å²) >= 11 is 0. The molecule has 3 rings (SSSR count). The SMILES string of the molecule is CN1CCO[C@@H]2c3cc(F)ccc3OCC[C@H]21. The molecule has 0 aromatic heterocycles. The fraction of sp³-hybridized carbons (Fsp3) is 0.538. The van der Waals surface area contributed by atoms with Crippen LogP contribution in [0.5, 0.6) is 5.75 Å². The molecule has 1 fully saturated rings. The molecule has 1 saturated heterocycles. The highest BCUT2D eigenvalue weighted by Crippen LogP contribution is 2.38. The Bertz CT molecular complexity index is 424. The average molecular weight is 237 g/mol. The van der Waals surface area contributed by atoms with Gasteiger partial charge in [-0.2, -0.15) is 0 Å². The number of morpholine rings is 1. The first-order chi connectivity index (χ1) is 8.25. The molecule has 0 saturated carbocycles. The average Bonchev–Trinajstić information content (AvgIpc) is 2.50. The summed E-state index contributed by atoms with van der Waals surface area (Å²) in [7, 11) is 2.09. The van der Waals surface area contributed by atoms with Gasteiger partial charge < -0.3 is 9.47 Å². The molecule has 2 aliphatic rings. The van der Waals surface area contributed by atoms with Gasteiger partial charge in [-0.1, -0.05) is 0 Å². The number of halogens is 1. The van der Waals surface area contributed by atoms with Crippen LogP contribution >= 0.6 is 0 Å². The normalized spacial score (nSPS) is 28.8. The summed E-state index contributed by atoms with van der Waals surface area (Å²) in [6.07, 6.45) is 0.847. The number of ether oxygens (including phenoxy) is 2. The molecular weight excluding hydrogens is 221 g/mol. The van der Waals surface area contributed by atoms with E-state index in [9.17, 15) is 4.39 Å². The molecule has 0 N–H and O–H groups in total. The van der Waals surface area contributed by atoms with Crippen molar-refractivity contribution < 1.29 is 13.9 Å². The minimum absolute atomic E-state index is 0.0676. The number of fused-ring (bicyclic) bond motifs is 3. The van der Waals surface area contributed by atoms with Crippen molar-refractivity contribution >= 4 is 0 Å². The van der Waals surface area contributed by atoms with Crippen LogP contribution in [0.25, 0.3) is 0 Å². The van der Waals surface area contributed by atoms with E-state index in [1.54, 1.807) is 6.07 Å². The number of rotatable bonds is 0. The smallest absolute Gasteiger partial charge is 0.125 e. The zero-order chi connectivity index (χ0) is 11.8. The van der Waals surface area contributed by atoms with Gasteiger partial charge in [-0.15, -0.1) is 0 Å². The zero-order valence-electron chi connectivity index (χ0n) is 9.86. The predicted octanol–water partition coefficient (Wildman–Crippen LogP) is 1.98. The number of hydrogen-bond donors (Lipinski definition) is 0. The quantitative estimate of drug-likeness (QED) is 0.688. The van der Waals surface area contributed by atoms with Gasteiger partial charge in [0.1, 0.15) is 17.7 Å². The number of likely N-dealkylation sites (N-methyl/N-ethyl adjacent to an activating group) is 1. The predicted molar refractivity (Wildman–Crippen MR) is 61.6 cm³/mol. The van der Waals surface area contributed by atoms with E-state index in [4.69, 9.17) is 9.47 Å². The highest BCUT2D eigenvalue weighted by atomic mass is 19.1. The molecule has 0 spiro atoms. The third-order valence-electron chi connectivity index (χ3n) is 3.61. The van der Waals surface area contributed by atoms with E-state index in [-0.39, 0.29) is 18.0 Å². The van der Waals surface area contributed by atoms with E-state index in [1.807, 2.05) is 0 Å². The van der Waals surface area contributed by atoms with Crippen LogP contribution in [-0.4, -0.2) is 37.7 Å². The van der Waals surface area contributed by atoms with Crippen LogP contribution in [0.1, 0.15) is 18.1 Å². The van der Waals surface area contributed by atoms with Crippen molar-refractivity contribution in [3.63, 3.8) is 0 Å². The lowest BCUT2D eigenvalue weighted by atomic mass is 9.97. The van der Waals surface area contributed by atoms with Crippen LogP contribution < -0.4 is 4.74 Å². The van der Waals surface area contributed by atoms with Gasteiger partial charge in [0, 0.05) is 18.2 Å². The molecule has 3 nitrogen and oxygen atoms in total. The van der Waals surface area contributed by atoms with Crippen molar-refractivity contribution in [2.24, 2.45) is 0 Å². The molecule has 0 radical (unpaired) electrons. The minimum Gasteiger partial charge on any atom is -0.493 e. The lowest BCUT2D eigenvalue weighted by Gasteiger charge is -2.38. The molecule has 0 amide bonds. The van der Waals surface area contributed by atoms with Crippen molar-refractivity contribution in [1.29, 1.82) is 0 Å². The van der Waals surface area contributed by atoms with E-state index in [2.05, 4.69) is 11.9 Å². The third-order valence-corrected chi connectivity index (χ3v) is 3.61. The first-order valence-corrected chi connectivity index (χ1v) is 6.00. The summed E-state index contributed by atoms with van der Waals surface area (Å²) in [4.78, 5) is 2.28. The van der Waals surface area contributed by atoms with Crippen molar-refractivity contribution in [3.8, 4) is 5.75 Å². The van der Waals surface area contributed by atoms with Gasteiger partial charge in [0.15, 0.2) is 0 Å². The lowest BCUT2D eigenvalue weighted by Crippen LogP contribution is -2.44. The van der Waals surface area contributed by atoms with Gasteiger partial charge in [-0.25, -0.2) is 4.39 Å². The fourth-order valence-corrected chi connectivity index (χ4v) is 2.66. The molecule has 17 heavy (non-hydrogen) atoms. The Morgan fingerprint density at radius 3 is 3.12 bits per heavy atom. The highest BCUT2D eigenvalue weighted by molar-refractivity contribution is 5.37. The second-order valence-corrected chi connectivity index (χ2v) is 4.66. The first-order valence-electron chi connectivity index (χ1n) is 6.00. The summed E-state index contributed by atoms with van der Waals surface area (Å²) < 4.78 is 24.9. The molecule has 2 heterocycles. The Morgan fingerprint density at radius 2 is 2.24 bits per heavy atom. The molecule has 0 aliphatic carbocycles. The van der Waals surface area contributed by atoms with E-state index >= 15 is 0 Å². The fourth-order valence-electron chi connectivity index (χ4n) is 2.66. The van der Waals surface area contributed by atoms with Crippen LogP contribution in [-0.2, 0) is 4.74 Å². The van der Waals surface area contributed by atoms with Crippen LogP contribution in [0, 0.1) is 5.82 Å². The molecule has 2 aliphatic heterocycles. The number of benzene rings is 1. The van der Waals surface area contributed by atoms with Gasteiger partial charge in [0.25, 0.3) is 0 Å². The van der Waals surface area contributed by atoms with Gasteiger partial charge >= 0.3 is 0 Å². The topological polar surface area (TPSA) is 21.7 Å². The van der Waals surface area contributed by atoms with Gasteiger partial charge in [-0.3, -0.25) is 4.90 Å². The van der Waals surface area contributed by atoms with Crippen molar-refractivity contribution in [2.45, 2.75) is 18.6 Å². The summed E-state index contributed by atoms with van der Waals surface area (Å²) in [6.45, 7) is 2.27. The Hall–Kier alpha value is -1.13. The van der Waals surface area contributed by atoms with E-state index in [1.165, 1.54) is 12.1 Å². The van der Waals surface area contributed by atoms with Crippen molar-refractivity contribution in [1.82, 2.24) is 4.90 Å². The number of hydrogen-bond acceptors (Lipinski definition) is 3.